The van der Waals surface area contributed by atoms with Crippen molar-refractivity contribution in [3.05, 3.63) is 69.3 Å². The molecule has 1 heterocycles. The van der Waals surface area contributed by atoms with Crippen LogP contribution in [0.2, 0.25) is 10.0 Å². The van der Waals surface area contributed by atoms with Gasteiger partial charge < -0.3 is 9.84 Å². The number of halogens is 2. The van der Waals surface area contributed by atoms with E-state index in [9.17, 15) is 9.90 Å². The Kier molecular flexibility index (Phi) is 5.11. The number of aromatic nitrogens is 2. The van der Waals surface area contributed by atoms with Crippen LogP contribution in [-0.4, -0.2) is 21.0 Å². The molecule has 0 spiro atoms. The zero-order valence-electron chi connectivity index (χ0n) is 14.0. The summed E-state index contributed by atoms with van der Waals surface area (Å²) in [7, 11) is 0. The second-order valence-electron chi connectivity index (χ2n) is 5.63. The molecule has 0 saturated heterocycles. The van der Waals surface area contributed by atoms with Crippen LogP contribution in [0.3, 0.4) is 0 Å². The lowest BCUT2D eigenvalue weighted by Gasteiger charge is -2.13. The van der Waals surface area contributed by atoms with Gasteiger partial charge in [0.2, 0.25) is 5.88 Å². The van der Waals surface area contributed by atoms with Crippen molar-refractivity contribution in [1.82, 2.24) is 9.97 Å². The smallest absolute Gasteiger partial charge is 0.342 e. The minimum Gasteiger partial charge on any atom is -0.477 e. The Hall–Kier alpha value is -2.63. The molecule has 0 aliphatic carbocycles. The maximum atomic E-state index is 11.5. The molecule has 0 radical (unpaired) electrons. The van der Waals surface area contributed by atoms with Crippen LogP contribution in [0.4, 0.5) is 0 Å². The molecule has 5 nitrogen and oxygen atoms in total. The summed E-state index contributed by atoms with van der Waals surface area (Å²) < 4.78 is 5.76. The minimum absolute atomic E-state index is 0.0885. The molecular weight excluding hydrogens is 375 g/mol. The van der Waals surface area contributed by atoms with E-state index >= 15 is 0 Å². The minimum atomic E-state index is -1.20. The molecule has 3 aromatic rings. The first-order valence-electron chi connectivity index (χ1n) is 7.67. The normalized spacial score (nSPS) is 10.6. The number of aromatic carboxylic acids is 1. The van der Waals surface area contributed by atoms with Gasteiger partial charge in [0, 0.05) is 16.8 Å². The third-order valence-electron chi connectivity index (χ3n) is 3.79. The highest BCUT2D eigenvalue weighted by Gasteiger charge is 2.19. The van der Waals surface area contributed by atoms with Gasteiger partial charge >= 0.3 is 5.97 Å². The van der Waals surface area contributed by atoms with Gasteiger partial charge in [0.05, 0.1) is 5.02 Å². The Morgan fingerprint density at radius 2 is 1.81 bits per heavy atom. The largest absolute Gasteiger partial charge is 0.477 e. The van der Waals surface area contributed by atoms with Crippen LogP contribution < -0.4 is 4.74 Å². The van der Waals surface area contributed by atoms with Crippen LogP contribution in [0.5, 0.6) is 11.6 Å². The molecule has 0 amide bonds. The molecule has 0 unspecified atom stereocenters. The van der Waals surface area contributed by atoms with Crippen molar-refractivity contribution >= 4 is 29.2 Å². The average molecular weight is 389 g/mol. The van der Waals surface area contributed by atoms with Crippen LogP contribution in [0.1, 0.15) is 21.5 Å². The van der Waals surface area contributed by atoms with Gasteiger partial charge in [0.15, 0.2) is 5.82 Å². The van der Waals surface area contributed by atoms with Gasteiger partial charge in [-0.15, -0.1) is 0 Å². The molecule has 0 aliphatic rings. The number of carboxylic acid groups (broad SMARTS) is 1. The summed E-state index contributed by atoms with van der Waals surface area (Å²) in [6, 6.07) is 10.8. The first kappa shape index (κ1) is 18.2. The molecule has 0 aliphatic heterocycles. The maximum absolute atomic E-state index is 11.5. The molecular formula is C19H14Cl2N2O3. The zero-order chi connectivity index (χ0) is 18.8. The van der Waals surface area contributed by atoms with Gasteiger partial charge in [0.1, 0.15) is 11.3 Å². The van der Waals surface area contributed by atoms with E-state index in [0.29, 0.717) is 21.4 Å². The van der Waals surface area contributed by atoms with Crippen molar-refractivity contribution in [1.29, 1.82) is 0 Å². The van der Waals surface area contributed by atoms with Gasteiger partial charge in [-0.2, -0.15) is 4.98 Å². The number of benzene rings is 2. The topological polar surface area (TPSA) is 72.3 Å². The Morgan fingerprint density at radius 3 is 2.46 bits per heavy atom. The van der Waals surface area contributed by atoms with E-state index in [2.05, 4.69) is 9.97 Å². The summed E-state index contributed by atoms with van der Waals surface area (Å²) >= 11 is 12.5. The third-order valence-corrected chi connectivity index (χ3v) is 4.84. The summed E-state index contributed by atoms with van der Waals surface area (Å²) in [5.74, 6) is -0.650. The summed E-state index contributed by atoms with van der Waals surface area (Å²) in [6.45, 7) is 3.57. The Bertz CT molecular complexity index is 992. The summed E-state index contributed by atoms with van der Waals surface area (Å²) in [6.07, 6.45) is 1.22. The molecule has 132 valence electrons. The highest BCUT2D eigenvalue weighted by Crippen LogP contribution is 2.38. The molecule has 1 aromatic heterocycles. The predicted octanol–water partition coefficient (Wildman–Crippen LogP) is 5.56. The number of ether oxygens (including phenoxy) is 1. The second kappa shape index (κ2) is 7.32. The van der Waals surface area contributed by atoms with Crippen LogP contribution in [-0.2, 0) is 0 Å². The third kappa shape index (κ3) is 3.49. The molecule has 3 rings (SSSR count). The van der Waals surface area contributed by atoms with Crippen molar-refractivity contribution in [3.8, 4) is 23.0 Å². The van der Waals surface area contributed by atoms with Crippen molar-refractivity contribution < 1.29 is 14.6 Å². The Balaban J connectivity index is 2.10. The predicted molar refractivity (Wildman–Crippen MR) is 100 cm³/mol. The lowest BCUT2D eigenvalue weighted by atomic mass is 10.1. The highest BCUT2D eigenvalue weighted by molar-refractivity contribution is 6.37. The van der Waals surface area contributed by atoms with E-state index in [4.69, 9.17) is 27.9 Å². The molecule has 1 N–H and O–H groups in total. The molecule has 0 fully saturated rings. The van der Waals surface area contributed by atoms with E-state index in [1.165, 1.54) is 6.20 Å². The van der Waals surface area contributed by atoms with Crippen LogP contribution in [0.15, 0.2) is 42.6 Å². The van der Waals surface area contributed by atoms with E-state index in [1.807, 2.05) is 37.3 Å². The first-order valence-corrected chi connectivity index (χ1v) is 8.43. The second-order valence-corrected chi connectivity index (χ2v) is 6.39. The number of nitrogens with zero attached hydrogens (tertiary/aromatic N) is 2. The van der Waals surface area contributed by atoms with Crippen molar-refractivity contribution in [3.63, 3.8) is 0 Å². The fourth-order valence-corrected chi connectivity index (χ4v) is 2.78. The van der Waals surface area contributed by atoms with Crippen molar-refractivity contribution in [2.45, 2.75) is 13.8 Å². The number of carboxylic acids is 1. The van der Waals surface area contributed by atoms with E-state index in [1.54, 1.807) is 13.0 Å². The monoisotopic (exact) mass is 388 g/mol. The van der Waals surface area contributed by atoms with Gasteiger partial charge in [-0.05, 0) is 31.0 Å². The maximum Gasteiger partial charge on any atom is 0.342 e. The molecule has 0 bridgehead atoms. The molecule has 2 aromatic carbocycles. The van der Waals surface area contributed by atoms with Gasteiger partial charge in [-0.3, -0.25) is 0 Å². The number of aryl methyl sites for hydroxylation is 1. The van der Waals surface area contributed by atoms with Crippen molar-refractivity contribution in [2.75, 3.05) is 0 Å². The van der Waals surface area contributed by atoms with E-state index in [-0.39, 0.29) is 17.2 Å². The van der Waals surface area contributed by atoms with Crippen molar-refractivity contribution in [2.24, 2.45) is 0 Å². The first-order chi connectivity index (χ1) is 12.4. The molecule has 0 saturated carbocycles. The zero-order valence-corrected chi connectivity index (χ0v) is 15.5. The lowest BCUT2D eigenvalue weighted by molar-refractivity contribution is 0.0693. The number of carbonyl (C=O) groups is 1. The van der Waals surface area contributed by atoms with Crippen LogP contribution in [0.25, 0.3) is 11.4 Å². The Labute approximate surface area is 160 Å². The van der Waals surface area contributed by atoms with E-state index in [0.717, 1.165) is 11.1 Å². The molecule has 0 atom stereocenters. The van der Waals surface area contributed by atoms with E-state index < -0.39 is 5.97 Å². The average Bonchev–Trinajstić information content (AvgIpc) is 2.65. The number of rotatable bonds is 4. The lowest BCUT2D eigenvalue weighted by Crippen LogP contribution is -2.05. The SMILES string of the molecule is Cc1cc(Oc2nc(-c3ccccc3)ncc2C(=O)O)c(Cl)c(C)c1Cl. The van der Waals surface area contributed by atoms with Gasteiger partial charge in [-0.1, -0.05) is 53.5 Å². The fourth-order valence-electron chi connectivity index (χ4n) is 2.40. The summed E-state index contributed by atoms with van der Waals surface area (Å²) in [5, 5.41) is 10.3. The quantitative estimate of drug-likeness (QED) is 0.633. The molecule has 26 heavy (non-hydrogen) atoms. The molecule has 7 heteroatoms. The Morgan fingerprint density at radius 1 is 1.12 bits per heavy atom. The highest BCUT2D eigenvalue weighted by atomic mass is 35.5. The fraction of sp³-hybridized carbons (Fsp3) is 0.105. The van der Waals surface area contributed by atoms with Gasteiger partial charge in [0.25, 0.3) is 0 Å². The number of hydrogen-bond acceptors (Lipinski definition) is 4. The summed E-state index contributed by atoms with van der Waals surface area (Å²) in [5.41, 5.74) is 1.99. The van der Waals surface area contributed by atoms with Gasteiger partial charge in [-0.25, -0.2) is 9.78 Å². The number of hydrogen-bond donors (Lipinski definition) is 1. The standard InChI is InChI=1S/C19H14Cl2N2O3/c1-10-8-14(16(21)11(2)15(10)20)26-18-13(19(24)25)9-22-17(23-18)12-6-4-3-5-7-12/h3-9H,1-2H3,(H,24,25). The van der Waals surface area contributed by atoms with Crippen LogP contribution >= 0.6 is 23.2 Å². The van der Waals surface area contributed by atoms with Crippen LogP contribution in [0, 0.1) is 13.8 Å². The summed E-state index contributed by atoms with van der Waals surface area (Å²) in [4.78, 5) is 19.9.